The van der Waals surface area contributed by atoms with E-state index >= 15 is 0 Å². The Balaban J connectivity index is 1.68. The van der Waals surface area contributed by atoms with Gasteiger partial charge in [0.1, 0.15) is 11.6 Å². The van der Waals surface area contributed by atoms with Gasteiger partial charge in [-0.25, -0.2) is 9.97 Å². The summed E-state index contributed by atoms with van der Waals surface area (Å²) in [7, 11) is 3.58. The molecule has 0 spiro atoms. The summed E-state index contributed by atoms with van der Waals surface area (Å²) in [6.45, 7) is 3.80. The largest absolute Gasteiger partial charge is 0.481 e. The van der Waals surface area contributed by atoms with Gasteiger partial charge in [0.05, 0.1) is 18.4 Å². The van der Waals surface area contributed by atoms with Gasteiger partial charge in [-0.2, -0.15) is 9.50 Å². The Morgan fingerprint density at radius 2 is 1.78 bits per heavy atom. The van der Waals surface area contributed by atoms with E-state index in [1.807, 2.05) is 74.1 Å². The van der Waals surface area contributed by atoms with E-state index in [9.17, 15) is 0 Å². The van der Waals surface area contributed by atoms with Crippen molar-refractivity contribution in [3.63, 3.8) is 0 Å². The Hall–Kier alpha value is -3.48. The van der Waals surface area contributed by atoms with Crippen molar-refractivity contribution in [2.75, 3.05) is 7.11 Å². The minimum atomic E-state index is 0.569. The fourth-order valence-electron chi connectivity index (χ4n) is 2.97. The number of fused-ring (bicyclic) bond motifs is 1. The maximum Gasteiger partial charge on any atom is 0.221 e. The summed E-state index contributed by atoms with van der Waals surface area (Å²) in [5.41, 5.74) is 3.62. The van der Waals surface area contributed by atoms with Crippen LogP contribution in [-0.2, 0) is 7.05 Å². The monoisotopic (exact) mass is 360 g/mol. The van der Waals surface area contributed by atoms with Crippen LogP contribution >= 0.6 is 0 Å². The van der Waals surface area contributed by atoms with Crippen LogP contribution in [-0.4, -0.2) is 36.2 Å². The van der Waals surface area contributed by atoms with Gasteiger partial charge in [0, 0.05) is 18.8 Å². The number of aryl methyl sites for hydroxylation is 3. The Bertz CT molecular complexity index is 1140. The van der Waals surface area contributed by atoms with Gasteiger partial charge in [0.15, 0.2) is 11.5 Å². The van der Waals surface area contributed by atoms with Crippen molar-refractivity contribution in [2.24, 2.45) is 7.05 Å². The van der Waals surface area contributed by atoms with Gasteiger partial charge in [0.2, 0.25) is 5.88 Å². The lowest BCUT2D eigenvalue weighted by molar-refractivity contribution is 0.392. The molecule has 0 fully saturated rings. The lowest BCUT2D eigenvalue weighted by atomic mass is 10.2. The average molecular weight is 360 g/mol. The summed E-state index contributed by atoms with van der Waals surface area (Å²) in [6, 6.07) is 10.1. The fourth-order valence-corrected chi connectivity index (χ4v) is 2.97. The van der Waals surface area contributed by atoms with Crippen LogP contribution in [0.4, 0.5) is 0 Å². The number of imidazole rings is 1. The van der Waals surface area contributed by atoms with Crippen molar-refractivity contribution < 1.29 is 4.74 Å². The Morgan fingerprint density at radius 3 is 2.52 bits per heavy atom. The number of benzene rings is 1. The third-order valence-corrected chi connectivity index (χ3v) is 4.41. The molecule has 0 saturated carbocycles. The van der Waals surface area contributed by atoms with Crippen molar-refractivity contribution in [1.29, 1.82) is 0 Å². The molecule has 0 aliphatic carbocycles. The van der Waals surface area contributed by atoms with Gasteiger partial charge in [-0.05, 0) is 26.0 Å². The zero-order valence-electron chi connectivity index (χ0n) is 15.7. The second kappa shape index (κ2) is 6.68. The van der Waals surface area contributed by atoms with Gasteiger partial charge in [-0.15, -0.1) is 5.10 Å². The smallest absolute Gasteiger partial charge is 0.221 e. The van der Waals surface area contributed by atoms with E-state index in [0.29, 0.717) is 11.7 Å². The summed E-state index contributed by atoms with van der Waals surface area (Å²) in [6.07, 6.45) is 5.78. The molecule has 0 N–H and O–H groups in total. The molecule has 4 aromatic rings. The molecule has 0 aliphatic heterocycles. The molecule has 136 valence electrons. The van der Waals surface area contributed by atoms with Crippen molar-refractivity contribution in [1.82, 2.24) is 29.1 Å². The first-order valence-electron chi connectivity index (χ1n) is 8.61. The van der Waals surface area contributed by atoms with Crippen LogP contribution in [0.2, 0.25) is 0 Å². The lowest BCUT2D eigenvalue weighted by Crippen LogP contribution is -2.02. The van der Waals surface area contributed by atoms with Gasteiger partial charge < -0.3 is 9.30 Å². The minimum absolute atomic E-state index is 0.569. The molecule has 0 aliphatic rings. The third kappa shape index (κ3) is 3.08. The van der Waals surface area contributed by atoms with Gasteiger partial charge in [0.25, 0.3) is 0 Å². The van der Waals surface area contributed by atoms with Crippen LogP contribution in [0, 0.1) is 13.8 Å². The molecule has 0 unspecified atom stereocenters. The first-order chi connectivity index (χ1) is 13.1. The van der Waals surface area contributed by atoms with E-state index < -0.39 is 0 Å². The van der Waals surface area contributed by atoms with Crippen LogP contribution < -0.4 is 4.74 Å². The van der Waals surface area contributed by atoms with E-state index in [4.69, 9.17) is 9.72 Å². The SMILES string of the molecule is COc1nc(C)n2nc(C=Cc3nc(-c4ccccc4)cn3C)nc2c1C. The zero-order chi connectivity index (χ0) is 19.0. The fraction of sp³-hybridized carbons (Fsp3) is 0.200. The molecule has 3 heterocycles. The van der Waals surface area contributed by atoms with E-state index in [-0.39, 0.29) is 0 Å². The number of aromatic nitrogens is 6. The zero-order valence-corrected chi connectivity index (χ0v) is 15.7. The normalized spacial score (nSPS) is 11.6. The summed E-state index contributed by atoms with van der Waals surface area (Å²) < 4.78 is 9.02. The highest BCUT2D eigenvalue weighted by Crippen LogP contribution is 2.21. The van der Waals surface area contributed by atoms with Crippen LogP contribution in [0.3, 0.4) is 0 Å². The highest BCUT2D eigenvalue weighted by atomic mass is 16.5. The van der Waals surface area contributed by atoms with Crippen LogP contribution in [0.25, 0.3) is 29.1 Å². The van der Waals surface area contributed by atoms with Crippen molar-refractivity contribution in [3.05, 3.63) is 59.6 Å². The molecular weight excluding hydrogens is 340 g/mol. The maximum absolute atomic E-state index is 5.31. The Morgan fingerprint density at radius 1 is 1.00 bits per heavy atom. The van der Waals surface area contributed by atoms with E-state index in [1.165, 1.54) is 0 Å². The number of rotatable bonds is 4. The van der Waals surface area contributed by atoms with E-state index in [0.717, 1.165) is 34.1 Å². The standard InChI is InChI=1S/C20H20N6O/c1-13-19-23-17(24-26(19)14(2)21-20(13)27-4)10-11-18-22-16(12-25(18)3)15-8-6-5-7-9-15/h5-12H,1-4H3. The number of nitrogens with zero attached hydrogens (tertiary/aromatic N) is 6. The van der Waals surface area contributed by atoms with Crippen LogP contribution in [0.15, 0.2) is 36.5 Å². The number of hydrogen-bond acceptors (Lipinski definition) is 5. The third-order valence-electron chi connectivity index (χ3n) is 4.41. The summed E-state index contributed by atoms with van der Waals surface area (Å²) in [4.78, 5) is 13.7. The molecule has 0 bridgehead atoms. The quantitative estimate of drug-likeness (QED) is 0.558. The molecule has 7 heteroatoms. The van der Waals surface area contributed by atoms with Crippen molar-refractivity contribution in [3.8, 4) is 17.1 Å². The first-order valence-corrected chi connectivity index (χ1v) is 8.61. The van der Waals surface area contributed by atoms with Crippen molar-refractivity contribution >= 4 is 17.8 Å². The highest BCUT2D eigenvalue weighted by molar-refractivity contribution is 5.67. The molecular formula is C20H20N6O. The maximum atomic E-state index is 5.31. The minimum Gasteiger partial charge on any atom is -0.481 e. The van der Waals surface area contributed by atoms with E-state index in [2.05, 4.69) is 15.1 Å². The van der Waals surface area contributed by atoms with E-state index in [1.54, 1.807) is 11.6 Å². The summed E-state index contributed by atoms with van der Waals surface area (Å²) >= 11 is 0. The topological polar surface area (TPSA) is 70.1 Å². The predicted molar refractivity (Wildman–Crippen MR) is 104 cm³/mol. The second-order valence-electron chi connectivity index (χ2n) is 6.29. The number of ether oxygens (including phenoxy) is 1. The predicted octanol–water partition coefficient (Wildman–Crippen LogP) is 3.32. The van der Waals surface area contributed by atoms with Gasteiger partial charge in [-0.3, -0.25) is 0 Å². The highest BCUT2D eigenvalue weighted by Gasteiger charge is 2.13. The summed E-state index contributed by atoms with van der Waals surface area (Å²) in [5.74, 6) is 2.72. The molecule has 0 saturated heterocycles. The summed E-state index contributed by atoms with van der Waals surface area (Å²) in [5, 5.41) is 4.52. The lowest BCUT2D eigenvalue weighted by Gasteiger charge is -2.05. The molecule has 1 aromatic carbocycles. The molecule has 27 heavy (non-hydrogen) atoms. The average Bonchev–Trinajstić information content (AvgIpc) is 3.28. The molecule has 0 amide bonds. The molecule has 7 nitrogen and oxygen atoms in total. The molecule has 4 rings (SSSR count). The molecule has 0 atom stereocenters. The molecule has 3 aromatic heterocycles. The first kappa shape index (κ1) is 17.0. The molecule has 0 radical (unpaired) electrons. The number of hydrogen-bond donors (Lipinski definition) is 0. The van der Waals surface area contributed by atoms with Crippen LogP contribution in [0.5, 0.6) is 5.88 Å². The van der Waals surface area contributed by atoms with Gasteiger partial charge >= 0.3 is 0 Å². The Labute approximate surface area is 157 Å². The second-order valence-corrected chi connectivity index (χ2v) is 6.29. The van der Waals surface area contributed by atoms with Crippen molar-refractivity contribution in [2.45, 2.75) is 13.8 Å². The Kier molecular flexibility index (Phi) is 4.19. The van der Waals surface area contributed by atoms with Gasteiger partial charge in [-0.1, -0.05) is 30.3 Å². The number of methoxy groups -OCH3 is 1. The van der Waals surface area contributed by atoms with Crippen LogP contribution in [0.1, 0.15) is 23.0 Å².